The van der Waals surface area contributed by atoms with E-state index in [1.165, 1.54) is 11.9 Å². The second kappa shape index (κ2) is 8.52. The molecular formula is C18H31NO2S2. The molecule has 0 saturated carbocycles. The van der Waals surface area contributed by atoms with Crippen molar-refractivity contribution in [3.05, 3.63) is 12.2 Å². The van der Waals surface area contributed by atoms with E-state index in [0.717, 1.165) is 12.8 Å². The van der Waals surface area contributed by atoms with Crippen molar-refractivity contribution in [3.8, 4) is 0 Å². The highest BCUT2D eigenvalue weighted by atomic mass is 32.2. The van der Waals surface area contributed by atoms with Crippen molar-refractivity contribution in [2.75, 3.05) is 13.2 Å². The molecule has 23 heavy (non-hydrogen) atoms. The number of hydrogen-bond acceptors (Lipinski definition) is 4. The van der Waals surface area contributed by atoms with E-state index in [4.69, 9.17) is 17.0 Å². The average molecular weight is 358 g/mol. The summed E-state index contributed by atoms with van der Waals surface area (Å²) < 4.78 is 7.54. The van der Waals surface area contributed by atoms with Crippen molar-refractivity contribution in [2.24, 2.45) is 16.7 Å². The van der Waals surface area contributed by atoms with Crippen LogP contribution in [0.25, 0.3) is 0 Å². The van der Waals surface area contributed by atoms with Crippen molar-refractivity contribution in [3.63, 3.8) is 0 Å². The monoisotopic (exact) mass is 357 g/mol. The van der Waals surface area contributed by atoms with Gasteiger partial charge in [0.2, 0.25) is 10.3 Å². The van der Waals surface area contributed by atoms with Gasteiger partial charge in [-0.3, -0.25) is 9.10 Å². The molecule has 0 aromatic heterocycles. The number of hydrogen-bond donors (Lipinski definition) is 0. The van der Waals surface area contributed by atoms with Crippen molar-refractivity contribution >= 4 is 34.5 Å². The summed E-state index contributed by atoms with van der Waals surface area (Å²) in [5.74, 6) is 0.526. The molecule has 0 aromatic rings. The maximum Gasteiger partial charge on any atom is 0.241 e. The third-order valence-corrected chi connectivity index (χ3v) is 5.07. The predicted octanol–water partition coefficient (Wildman–Crippen LogP) is 5.21. The molecule has 1 atom stereocenters. The Labute approximate surface area is 151 Å². The SMILES string of the molecule is CCOC(=S)SN(CC(C)C)C(=O)CC1(C)C=CCC(C)(C)C1. The minimum Gasteiger partial charge on any atom is -0.478 e. The molecule has 1 aliphatic carbocycles. The molecule has 0 radical (unpaired) electrons. The molecule has 1 aliphatic rings. The largest absolute Gasteiger partial charge is 0.478 e. The molecule has 0 saturated heterocycles. The molecule has 5 heteroatoms. The van der Waals surface area contributed by atoms with Crippen LogP contribution in [0.3, 0.4) is 0 Å². The van der Waals surface area contributed by atoms with E-state index < -0.39 is 0 Å². The zero-order valence-corrected chi connectivity index (χ0v) is 17.0. The van der Waals surface area contributed by atoms with Crippen molar-refractivity contribution < 1.29 is 9.53 Å². The Hall–Kier alpha value is -0.550. The van der Waals surface area contributed by atoms with Crippen LogP contribution in [0.2, 0.25) is 0 Å². The standard InChI is InChI=1S/C18H31NO2S2/c1-7-21-16(22)23-19(12-14(2)3)15(20)11-18(6)10-8-9-17(4,5)13-18/h8,10,14H,7,9,11-13H2,1-6H3. The Morgan fingerprint density at radius 1 is 1.39 bits per heavy atom. The van der Waals surface area contributed by atoms with Crippen LogP contribution >= 0.6 is 24.2 Å². The second-order valence-corrected chi connectivity index (χ2v) is 9.52. The third kappa shape index (κ3) is 7.25. The highest BCUT2D eigenvalue weighted by Gasteiger charge is 2.36. The molecule has 1 rings (SSSR count). The summed E-state index contributed by atoms with van der Waals surface area (Å²) in [7, 11) is 0. The van der Waals surface area contributed by atoms with Crippen LogP contribution in [0.1, 0.15) is 60.8 Å². The summed E-state index contributed by atoms with van der Waals surface area (Å²) in [6, 6.07) is 0. The maximum atomic E-state index is 12.9. The highest BCUT2D eigenvalue weighted by molar-refractivity contribution is 8.21. The van der Waals surface area contributed by atoms with Crippen molar-refractivity contribution in [1.82, 2.24) is 4.31 Å². The minimum absolute atomic E-state index is 0.0815. The first-order chi connectivity index (χ1) is 10.6. The first kappa shape index (κ1) is 20.5. The number of rotatable bonds is 5. The summed E-state index contributed by atoms with van der Waals surface area (Å²) in [4.78, 5) is 12.9. The van der Waals surface area contributed by atoms with Crippen molar-refractivity contribution in [2.45, 2.75) is 60.8 Å². The molecule has 1 amide bonds. The van der Waals surface area contributed by atoms with Crippen LogP contribution in [0, 0.1) is 16.7 Å². The molecule has 0 aromatic carbocycles. The Balaban J connectivity index is 2.78. The normalized spacial score (nSPS) is 22.9. The summed E-state index contributed by atoms with van der Waals surface area (Å²) >= 11 is 6.46. The first-order valence-corrected chi connectivity index (χ1v) is 9.58. The van der Waals surface area contributed by atoms with E-state index >= 15 is 0 Å². The fourth-order valence-electron chi connectivity index (χ4n) is 3.20. The number of allylic oxidation sites excluding steroid dienone is 2. The Bertz CT molecular complexity index is 460. The van der Waals surface area contributed by atoms with Crippen LogP contribution in [0.15, 0.2) is 12.2 Å². The van der Waals surface area contributed by atoms with Crippen LogP contribution in [0.4, 0.5) is 0 Å². The van der Waals surface area contributed by atoms with Crippen LogP contribution in [-0.4, -0.2) is 27.7 Å². The van der Waals surface area contributed by atoms with Crippen LogP contribution in [0.5, 0.6) is 0 Å². The summed E-state index contributed by atoms with van der Waals surface area (Å²) in [6.07, 6.45) is 7.06. The lowest BCUT2D eigenvalue weighted by molar-refractivity contribution is -0.128. The van der Waals surface area contributed by atoms with Gasteiger partial charge in [-0.15, -0.1) is 0 Å². The van der Waals surface area contributed by atoms with E-state index in [-0.39, 0.29) is 16.7 Å². The van der Waals surface area contributed by atoms with Gasteiger partial charge < -0.3 is 4.74 Å². The zero-order valence-electron chi connectivity index (χ0n) is 15.3. The predicted molar refractivity (Wildman–Crippen MR) is 103 cm³/mol. The third-order valence-electron chi connectivity index (χ3n) is 3.88. The molecule has 0 bridgehead atoms. The number of carbonyl (C=O) groups excluding carboxylic acids is 1. The molecule has 132 valence electrons. The van der Waals surface area contributed by atoms with E-state index in [1.54, 1.807) is 4.31 Å². The van der Waals surface area contributed by atoms with E-state index in [2.05, 4.69) is 46.8 Å². The smallest absolute Gasteiger partial charge is 0.241 e. The van der Waals surface area contributed by atoms with Gasteiger partial charge in [-0.1, -0.05) is 46.8 Å². The lowest BCUT2D eigenvalue weighted by Gasteiger charge is -2.39. The molecular weight excluding hydrogens is 326 g/mol. The van der Waals surface area contributed by atoms with Gasteiger partial charge in [0.05, 0.1) is 6.61 Å². The molecule has 3 nitrogen and oxygen atoms in total. The lowest BCUT2D eigenvalue weighted by atomic mass is 9.67. The average Bonchev–Trinajstić information content (AvgIpc) is 2.35. The zero-order chi connectivity index (χ0) is 17.7. The number of nitrogens with zero attached hydrogens (tertiary/aromatic N) is 1. The molecule has 0 aliphatic heterocycles. The van der Waals surface area contributed by atoms with Crippen LogP contribution in [-0.2, 0) is 9.53 Å². The topological polar surface area (TPSA) is 29.5 Å². The Kier molecular flexibility index (Phi) is 7.59. The van der Waals surface area contributed by atoms with E-state index in [0.29, 0.717) is 29.9 Å². The Morgan fingerprint density at radius 2 is 2.04 bits per heavy atom. The summed E-state index contributed by atoms with van der Waals surface area (Å²) in [6.45, 7) is 14.0. The lowest BCUT2D eigenvalue weighted by Crippen LogP contribution is -2.36. The number of thiocarbonyl (C=S) groups is 1. The van der Waals surface area contributed by atoms with Gasteiger partial charge in [-0.25, -0.2) is 0 Å². The molecule has 0 fully saturated rings. The second-order valence-electron chi connectivity index (χ2n) is 7.90. The van der Waals surface area contributed by atoms with Crippen molar-refractivity contribution in [1.29, 1.82) is 0 Å². The summed E-state index contributed by atoms with van der Waals surface area (Å²) in [5.41, 5.74) is 0.169. The number of carbonyl (C=O) groups is 1. The fourth-order valence-corrected chi connectivity index (χ4v) is 4.48. The quantitative estimate of drug-likeness (QED) is 0.383. The van der Waals surface area contributed by atoms with Gasteiger partial charge in [-0.05, 0) is 48.7 Å². The van der Waals surface area contributed by atoms with Gasteiger partial charge in [0.1, 0.15) is 0 Å². The van der Waals surface area contributed by atoms with E-state index in [1.807, 2.05) is 6.92 Å². The van der Waals surface area contributed by atoms with Gasteiger partial charge in [0.15, 0.2) is 0 Å². The van der Waals surface area contributed by atoms with Gasteiger partial charge in [0.25, 0.3) is 0 Å². The molecule has 0 heterocycles. The summed E-state index contributed by atoms with van der Waals surface area (Å²) in [5, 5.41) is 0. The molecule has 1 unspecified atom stereocenters. The highest BCUT2D eigenvalue weighted by Crippen LogP contribution is 2.44. The number of ether oxygens (including phenoxy) is 1. The Morgan fingerprint density at radius 3 is 2.57 bits per heavy atom. The van der Waals surface area contributed by atoms with Crippen LogP contribution < -0.4 is 0 Å². The number of amides is 1. The minimum atomic E-state index is -0.0815. The fraction of sp³-hybridized carbons (Fsp3) is 0.778. The molecule has 0 N–H and O–H groups in total. The van der Waals surface area contributed by atoms with E-state index in [9.17, 15) is 4.79 Å². The molecule has 0 spiro atoms. The van der Waals surface area contributed by atoms with Gasteiger partial charge in [0, 0.05) is 24.9 Å². The maximum absolute atomic E-state index is 12.9. The first-order valence-electron chi connectivity index (χ1n) is 8.40. The van der Waals surface area contributed by atoms with Gasteiger partial charge >= 0.3 is 0 Å². The van der Waals surface area contributed by atoms with Gasteiger partial charge in [-0.2, -0.15) is 0 Å².